The molecule has 5 heteroatoms. The standard InChI is InChI=1S/C15H33NO3Si/c1-7-17-20(18-8-2,19-9-3)11-10-15(16)14(6)12-13(4)5/h13H,7-12,16H2,1-6H3. The van der Waals surface area contributed by atoms with E-state index in [9.17, 15) is 0 Å². The fraction of sp³-hybridized carbons (Fsp3) is 0.867. The number of nitrogens with two attached hydrogens (primary N) is 1. The van der Waals surface area contributed by atoms with Gasteiger partial charge in [0.05, 0.1) is 0 Å². The topological polar surface area (TPSA) is 53.7 Å². The van der Waals surface area contributed by atoms with Gasteiger partial charge in [0.1, 0.15) is 0 Å². The van der Waals surface area contributed by atoms with Crippen LogP contribution in [0.1, 0.15) is 54.4 Å². The first-order valence-corrected chi connectivity index (χ1v) is 9.69. The fourth-order valence-corrected chi connectivity index (χ4v) is 4.82. The van der Waals surface area contributed by atoms with Gasteiger partial charge in [-0.2, -0.15) is 0 Å². The van der Waals surface area contributed by atoms with E-state index < -0.39 is 8.80 Å². The van der Waals surface area contributed by atoms with Gasteiger partial charge in [0.25, 0.3) is 0 Å². The molecule has 0 aliphatic heterocycles. The highest BCUT2D eigenvalue weighted by molar-refractivity contribution is 6.60. The van der Waals surface area contributed by atoms with E-state index in [0.29, 0.717) is 25.7 Å². The van der Waals surface area contributed by atoms with E-state index in [4.69, 9.17) is 19.0 Å². The molecule has 0 aromatic heterocycles. The van der Waals surface area contributed by atoms with Gasteiger partial charge in [-0.15, -0.1) is 0 Å². The third-order valence-electron chi connectivity index (χ3n) is 3.06. The maximum Gasteiger partial charge on any atom is 0.501 e. The predicted octanol–water partition coefficient (Wildman–Crippen LogP) is 3.70. The van der Waals surface area contributed by atoms with Crippen LogP contribution in [0.2, 0.25) is 6.04 Å². The second kappa shape index (κ2) is 10.4. The predicted molar refractivity (Wildman–Crippen MR) is 86.4 cm³/mol. The lowest BCUT2D eigenvalue weighted by Gasteiger charge is -2.28. The second-order valence-corrected chi connectivity index (χ2v) is 8.12. The summed E-state index contributed by atoms with van der Waals surface area (Å²) in [6, 6.07) is 0.754. The van der Waals surface area contributed by atoms with Crippen LogP contribution in [0.25, 0.3) is 0 Å². The smallest absolute Gasteiger partial charge is 0.402 e. The Labute approximate surface area is 126 Å². The zero-order valence-corrected chi connectivity index (χ0v) is 15.1. The van der Waals surface area contributed by atoms with Crippen LogP contribution in [0, 0.1) is 5.92 Å². The Balaban J connectivity index is 4.73. The van der Waals surface area contributed by atoms with Gasteiger partial charge in [0.15, 0.2) is 0 Å². The molecule has 0 rings (SSSR count). The van der Waals surface area contributed by atoms with Crippen LogP contribution in [0.5, 0.6) is 0 Å². The average Bonchev–Trinajstić information content (AvgIpc) is 2.36. The highest BCUT2D eigenvalue weighted by Crippen LogP contribution is 2.22. The molecule has 0 aromatic rings. The Morgan fingerprint density at radius 3 is 1.80 bits per heavy atom. The SMILES string of the molecule is CCO[Si](CCC(N)=C(C)CC(C)C)(OCC)OCC. The molecule has 0 radical (unpaired) electrons. The summed E-state index contributed by atoms with van der Waals surface area (Å²) < 4.78 is 17.5. The molecule has 0 aromatic carbocycles. The number of hydrogen-bond acceptors (Lipinski definition) is 4. The molecular formula is C15H33NO3Si. The lowest BCUT2D eigenvalue weighted by Crippen LogP contribution is -2.46. The molecule has 0 saturated carbocycles. The van der Waals surface area contributed by atoms with E-state index in [1.807, 2.05) is 20.8 Å². The Kier molecular flexibility index (Phi) is 10.2. The van der Waals surface area contributed by atoms with Crippen molar-refractivity contribution in [1.29, 1.82) is 0 Å². The summed E-state index contributed by atoms with van der Waals surface area (Å²) in [6.07, 6.45) is 1.82. The van der Waals surface area contributed by atoms with Crippen LogP contribution in [0.3, 0.4) is 0 Å². The quantitative estimate of drug-likeness (QED) is 0.591. The van der Waals surface area contributed by atoms with Gasteiger partial charge in [-0.1, -0.05) is 19.4 Å². The summed E-state index contributed by atoms with van der Waals surface area (Å²) in [5, 5.41) is 0. The monoisotopic (exact) mass is 303 g/mol. The summed E-state index contributed by atoms with van der Waals surface area (Å²) in [7, 11) is -2.56. The molecule has 0 unspecified atom stereocenters. The van der Waals surface area contributed by atoms with E-state index in [1.165, 1.54) is 5.57 Å². The van der Waals surface area contributed by atoms with Gasteiger partial charge in [-0.05, 0) is 46.5 Å². The van der Waals surface area contributed by atoms with Gasteiger partial charge in [-0.25, -0.2) is 0 Å². The highest BCUT2D eigenvalue weighted by atomic mass is 28.4. The summed E-state index contributed by atoms with van der Waals surface area (Å²) in [5.74, 6) is 0.626. The van der Waals surface area contributed by atoms with Crippen molar-refractivity contribution in [3.05, 3.63) is 11.3 Å². The summed E-state index contributed by atoms with van der Waals surface area (Å²) in [5.41, 5.74) is 8.42. The molecule has 20 heavy (non-hydrogen) atoms. The van der Waals surface area contributed by atoms with Crippen molar-refractivity contribution < 1.29 is 13.3 Å². The fourth-order valence-electron chi connectivity index (χ4n) is 2.25. The molecule has 0 aliphatic rings. The van der Waals surface area contributed by atoms with Crippen LogP contribution >= 0.6 is 0 Å². The lowest BCUT2D eigenvalue weighted by molar-refractivity contribution is 0.0713. The van der Waals surface area contributed by atoms with Crippen molar-refractivity contribution in [3.63, 3.8) is 0 Å². The maximum atomic E-state index is 6.20. The highest BCUT2D eigenvalue weighted by Gasteiger charge is 2.39. The largest absolute Gasteiger partial charge is 0.501 e. The summed E-state index contributed by atoms with van der Waals surface area (Å²) in [4.78, 5) is 0. The van der Waals surface area contributed by atoms with E-state index in [-0.39, 0.29) is 0 Å². The van der Waals surface area contributed by atoms with Crippen LogP contribution in [0.15, 0.2) is 11.3 Å². The van der Waals surface area contributed by atoms with Crippen LogP contribution in [-0.2, 0) is 13.3 Å². The van der Waals surface area contributed by atoms with E-state index in [0.717, 1.165) is 24.6 Å². The normalized spacial score (nSPS) is 13.8. The Morgan fingerprint density at radius 2 is 1.45 bits per heavy atom. The molecule has 2 N–H and O–H groups in total. The van der Waals surface area contributed by atoms with Crippen molar-refractivity contribution in [2.24, 2.45) is 11.7 Å². The van der Waals surface area contributed by atoms with E-state index in [1.54, 1.807) is 0 Å². The number of allylic oxidation sites excluding steroid dienone is 2. The maximum absolute atomic E-state index is 6.20. The minimum Gasteiger partial charge on any atom is -0.402 e. The summed E-state index contributed by atoms with van der Waals surface area (Å²) in [6.45, 7) is 14.3. The molecule has 0 bridgehead atoms. The summed E-state index contributed by atoms with van der Waals surface area (Å²) >= 11 is 0. The van der Waals surface area contributed by atoms with Gasteiger partial charge in [-0.3, -0.25) is 0 Å². The molecule has 0 fully saturated rings. The first-order chi connectivity index (χ1) is 9.40. The molecule has 0 aliphatic carbocycles. The molecule has 4 nitrogen and oxygen atoms in total. The van der Waals surface area contributed by atoms with Gasteiger partial charge >= 0.3 is 8.80 Å². The van der Waals surface area contributed by atoms with Gasteiger partial charge in [0.2, 0.25) is 0 Å². The third kappa shape index (κ3) is 7.43. The molecular weight excluding hydrogens is 270 g/mol. The van der Waals surface area contributed by atoms with Gasteiger partial charge in [0, 0.05) is 31.6 Å². The zero-order valence-electron chi connectivity index (χ0n) is 14.1. The minimum absolute atomic E-state index is 0.612. The molecule has 0 atom stereocenters. The van der Waals surface area contributed by atoms with Crippen molar-refractivity contribution in [2.45, 2.75) is 60.4 Å². The molecule has 120 valence electrons. The van der Waals surface area contributed by atoms with Crippen molar-refractivity contribution in [2.75, 3.05) is 19.8 Å². The van der Waals surface area contributed by atoms with Crippen molar-refractivity contribution in [1.82, 2.24) is 0 Å². The second-order valence-electron chi connectivity index (χ2n) is 5.39. The lowest BCUT2D eigenvalue weighted by atomic mass is 10.0. The Hall–Kier alpha value is -0.363. The zero-order chi connectivity index (χ0) is 15.6. The minimum atomic E-state index is -2.56. The molecule has 0 amide bonds. The van der Waals surface area contributed by atoms with E-state index >= 15 is 0 Å². The average molecular weight is 304 g/mol. The number of rotatable bonds is 11. The van der Waals surface area contributed by atoms with Crippen LogP contribution in [-0.4, -0.2) is 28.6 Å². The van der Waals surface area contributed by atoms with Crippen LogP contribution in [0.4, 0.5) is 0 Å². The number of hydrogen-bond donors (Lipinski definition) is 1. The van der Waals surface area contributed by atoms with Gasteiger partial charge < -0.3 is 19.0 Å². The van der Waals surface area contributed by atoms with Crippen molar-refractivity contribution in [3.8, 4) is 0 Å². The van der Waals surface area contributed by atoms with E-state index in [2.05, 4.69) is 20.8 Å². The van der Waals surface area contributed by atoms with Crippen LogP contribution < -0.4 is 5.73 Å². The molecule has 0 spiro atoms. The first-order valence-electron chi connectivity index (χ1n) is 7.76. The Morgan fingerprint density at radius 1 is 1.00 bits per heavy atom. The first kappa shape index (κ1) is 19.6. The molecule has 0 saturated heterocycles. The Bertz CT molecular complexity index is 276. The van der Waals surface area contributed by atoms with Crippen molar-refractivity contribution >= 4 is 8.80 Å². The third-order valence-corrected chi connectivity index (χ3v) is 6.10. The molecule has 0 heterocycles.